The number of carbonyl (C=O) groups is 2. The Morgan fingerprint density at radius 2 is 1.71 bits per heavy atom. The Bertz CT molecular complexity index is 1050. The Kier molecular flexibility index (Phi) is 7.70. The average molecular weight is 467 g/mol. The third kappa shape index (κ3) is 6.27. The van der Waals surface area contributed by atoms with Crippen molar-refractivity contribution < 1.29 is 18.7 Å². The van der Waals surface area contributed by atoms with E-state index >= 15 is 0 Å². The highest BCUT2D eigenvalue weighted by molar-refractivity contribution is 6.39. The molecule has 1 fully saturated rings. The summed E-state index contributed by atoms with van der Waals surface area (Å²) in [5, 5.41) is 8.56. The molecule has 0 radical (unpaired) electrons. The van der Waals surface area contributed by atoms with E-state index in [2.05, 4.69) is 35.2 Å². The molecule has 1 saturated heterocycles. The van der Waals surface area contributed by atoms with Crippen molar-refractivity contribution in [3.05, 3.63) is 71.0 Å². The topological polar surface area (TPSA) is 74.2 Å². The molecular formula is C26H31FN4O3. The number of hydrogen-bond acceptors (Lipinski definition) is 5. The van der Waals surface area contributed by atoms with Crippen molar-refractivity contribution in [1.29, 1.82) is 0 Å². The Balaban J connectivity index is 1.38. The number of morpholine rings is 1. The number of amides is 2. The number of benzene rings is 2. The SMILES string of the molecule is CC1CN(Cc2ccccc2CNC(=O)C2=NN(Cc3ccc(F)cc3)C(=O)CC2)CC(C)O1. The van der Waals surface area contributed by atoms with Crippen molar-refractivity contribution in [2.24, 2.45) is 5.10 Å². The predicted octanol–water partition coefficient (Wildman–Crippen LogP) is 3.23. The van der Waals surface area contributed by atoms with Crippen LogP contribution >= 0.6 is 0 Å². The maximum absolute atomic E-state index is 13.2. The minimum Gasteiger partial charge on any atom is -0.373 e. The highest BCUT2D eigenvalue weighted by Gasteiger charge is 2.25. The average Bonchev–Trinajstić information content (AvgIpc) is 2.80. The van der Waals surface area contributed by atoms with Gasteiger partial charge in [-0.2, -0.15) is 5.10 Å². The molecule has 2 atom stereocenters. The molecule has 180 valence electrons. The minimum atomic E-state index is -0.338. The van der Waals surface area contributed by atoms with Crippen molar-refractivity contribution in [2.45, 2.75) is 58.5 Å². The van der Waals surface area contributed by atoms with E-state index in [0.717, 1.165) is 30.8 Å². The number of halogens is 1. The number of nitrogens with one attached hydrogen (secondary N) is 1. The van der Waals surface area contributed by atoms with Crippen LogP contribution in [-0.2, 0) is 34.0 Å². The van der Waals surface area contributed by atoms with Gasteiger partial charge in [-0.05, 0) is 42.7 Å². The van der Waals surface area contributed by atoms with Gasteiger partial charge < -0.3 is 10.1 Å². The van der Waals surface area contributed by atoms with E-state index in [0.29, 0.717) is 18.7 Å². The first-order valence-electron chi connectivity index (χ1n) is 11.7. The third-order valence-electron chi connectivity index (χ3n) is 6.06. The quantitative estimate of drug-likeness (QED) is 0.680. The van der Waals surface area contributed by atoms with Crippen LogP contribution in [0.25, 0.3) is 0 Å². The Morgan fingerprint density at radius 3 is 2.41 bits per heavy atom. The molecule has 2 aromatic carbocycles. The van der Waals surface area contributed by atoms with Crippen LogP contribution in [0.5, 0.6) is 0 Å². The molecule has 0 saturated carbocycles. The molecule has 0 bridgehead atoms. The van der Waals surface area contributed by atoms with Crippen LogP contribution in [0.3, 0.4) is 0 Å². The first kappa shape index (κ1) is 24.0. The highest BCUT2D eigenvalue weighted by atomic mass is 19.1. The number of hydrogen-bond donors (Lipinski definition) is 1. The zero-order valence-electron chi connectivity index (χ0n) is 19.7. The number of rotatable bonds is 7. The summed E-state index contributed by atoms with van der Waals surface area (Å²) in [6.45, 7) is 7.31. The largest absolute Gasteiger partial charge is 0.373 e. The van der Waals surface area contributed by atoms with E-state index in [1.165, 1.54) is 22.7 Å². The van der Waals surface area contributed by atoms with Gasteiger partial charge in [-0.25, -0.2) is 9.40 Å². The summed E-state index contributed by atoms with van der Waals surface area (Å²) < 4.78 is 19.0. The van der Waals surface area contributed by atoms with E-state index in [4.69, 9.17) is 4.74 Å². The minimum absolute atomic E-state index is 0.153. The monoisotopic (exact) mass is 466 g/mol. The normalized spacial score (nSPS) is 21.3. The molecule has 2 aromatic rings. The molecule has 0 aliphatic carbocycles. The summed E-state index contributed by atoms with van der Waals surface area (Å²) in [6.07, 6.45) is 0.911. The molecule has 2 aliphatic heterocycles. The van der Waals surface area contributed by atoms with Gasteiger partial charge >= 0.3 is 0 Å². The summed E-state index contributed by atoms with van der Waals surface area (Å²) in [5.74, 6) is -0.768. The Labute approximate surface area is 199 Å². The fraction of sp³-hybridized carbons (Fsp3) is 0.423. The van der Waals surface area contributed by atoms with Crippen LogP contribution in [0.1, 0.15) is 43.4 Å². The fourth-order valence-electron chi connectivity index (χ4n) is 4.47. The van der Waals surface area contributed by atoms with E-state index in [1.807, 2.05) is 18.2 Å². The molecule has 4 rings (SSSR count). The second-order valence-corrected chi connectivity index (χ2v) is 9.03. The van der Waals surface area contributed by atoms with Crippen LogP contribution in [0.15, 0.2) is 53.6 Å². The molecule has 2 aliphatic rings. The third-order valence-corrected chi connectivity index (χ3v) is 6.06. The molecule has 8 heteroatoms. The van der Waals surface area contributed by atoms with E-state index in [9.17, 15) is 14.0 Å². The van der Waals surface area contributed by atoms with Gasteiger partial charge in [-0.1, -0.05) is 36.4 Å². The van der Waals surface area contributed by atoms with Crippen molar-refractivity contribution in [1.82, 2.24) is 15.2 Å². The molecule has 2 heterocycles. The van der Waals surface area contributed by atoms with Crippen molar-refractivity contribution >= 4 is 17.5 Å². The van der Waals surface area contributed by atoms with Crippen molar-refractivity contribution in [3.8, 4) is 0 Å². The fourth-order valence-corrected chi connectivity index (χ4v) is 4.47. The summed E-state index contributed by atoms with van der Waals surface area (Å²) in [6, 6.07) is 14.0. The summed E-state index contributed by atoms with van der Waals surface area (Å²) in [7, 11) is 0. The van der Waals surface area contributed by atoms with Gasteiger partial charge in [0, 0.05) is 39.0 Å². The van der Waals surface area contributed by atoms with Gasteiger partial charge in [-0.15, -0.1) is 0 Å². The van der Waals surface area contributed by atoms with Gasteiger partial charge in [0.05, 0.1) is 18.8 Å². The lowest BCUT2D eigenvalue weighted by atomic mass is 10.1. The molecule has 1 N–H and O–H groups in total. The van der Waals surface area contributed by atoms with Crippen molar-refractivity contribution in [3.63, 3.8) is 0 Å². The van der Waals surface area contributed by atoms with Crippen molar-refractivity contribution in [2.75, 3.05) is 13.1 Å². The summed E-state index contributed by atoms with van der Waals surface area (Å²) >= 11 is 0. The van der Waals surface area contributed by atoms with Crippen LogP contribution in [0.4, 0.5) is 4.39 Å². The Hall–Kier alpha value is -3.10. The molecular weight excluding hydrogens is 435 g/mol. The van der Waals surface area contributed by atoms with E-state index in [-0.39, 0.29) is 42.8 Å². The lowest BCUT2D eigenvalue weighted by molar-refractivity contribution is -0.132. The number of ether oxygens (including phenoxy) is 1. The smallest absolute Gasteiger partial charge is 0.267 e. The second-order valence-electron chi connectivity index (χ2n) is 9.03. The van der Waals surface area contributed by atoms with Crippen LogP contribution < -0.4 is 5.32 Å². The standard InChI is InChI=1S/C26H31FN4O3/c1-18-14-30(15-19(2)34-18)17-22-6-4-3-5-21(22)13-28-26(33)24-11-12-25(32)31(29-24)16-20-7-9-23(27)10-8-20/h3-10,18-19H,11-17H2,1-2H3,(H,28,33). The Morgan fingerprint density at radius 1 is 1.03 bits per heavy atom. The zero-order valence-corrected chi connectivity index (χ0v) is 19.7. The maximum Gasteiger partial charge on any atom is 0.267 e. The van der Waals surface area contributed by atoms with Gasteiger partial charge in [-0.3, -0.25) is 14.5 Å². The first-order chi connectivity index (χ1) is 16.4. The lowest BCUT2D eigenvalue weighted by Gasteiger charge is -2.35. The molecule has 34 heavy (non-hydrogen) atoms. The van der Waals surface area contributed by atoms with E-state index in [1.54, 1.807) is 12.1 Å². The molecule has 0 spiro atoms. The second kappa shape index (κ2) is 10.9. The van der Waals surface area contributed by atoms with Gasteiger partial charge in [0.2, 0.25) is 5.91 Å². The molecule has 2 unspecified atom stereocenters. The molecule has 0 aromatic heterocycles. The molecule has 2 amide bonds. The van der Waals surface area contributed by atoms with E-state index < -0.39 is 0 Å². The van der Waals surface area contributed by atoms with Crippen LogP contribution in [0.2, 0.25) is 0 Å². The van der Waals surface area contributed by atoms with Gasteiger partial charge in [0.25, 0.3) is 5.91 Å². The number of carbonyl (C=O) groups excluding carboxylic acids is 2. The predicted molar refractivity (Wildman–Crippen MR) is 127 cm³/mol. The van der Waals surface area contributed by atoms with Gasteiger partial charge in [0.1, 0.15) is 11.5 Å². The van der Waals surface area contributed by atoms with Crippen LogP contribution in [-0.4, -0.2) is 52.7 Å². The summed E-state index contributed by atoms with van der Waals surface area (Å²) in [5.41, 5.74) is 3.30. The highest BCUT2D eigenvalue weighted by Crippen LogP contribution is 2.18. The lowest BCUT2D eigenvalue weighted by Crippen LogP contribution is -2.45. The maximum atomic E-state index is 13.2. The number of nitrogens with zero attached hydrogens (tertiary/aromatic N) is 3. The summed E-state index contributed by atoms with van der Waals surface area (Å²) in [4.78, 5) is 27.5. The zero-order chi connectivity index (χ0) is 24.1. The van der Waals surface area contributed by atoms with Gasteiger partial charge in [0.15, 0.2) is 0 Å². The first-order valence-corrected chi connectivity index (χ1v) is 11.7. The molecule has 7 nitrogen and oxygen atoms in total. The number of hydrazone groups is 1. The van der Waals surface area contributed by atoms with Crippen LogP contribution in [0, 0.1) is 5.82 Å².